The smallest absolute Gasteiger partial charge is 0.164 e. The van der Waals surface area contributed by atoms with Crippen LogP contribution in [0.25, 0.3) is 78.0 Å². The minimum atomic E-state index is -0.0119. The number of aromatic nitrogens is 3. The number of ether oxygens (including phenoxy) is 1. The van der Waals surface area contributed by atoms with Crippen molar-refractivity contribution in [3.63, 3.8) is 0 Å². The molecule has 8 aromatic rings. The van der Waals surface area contributed by atoms with Gasteiger partial charge in [-0.05, 0) is 52.2 Å². The Bertz CT molecular complexity index is 2560. The molecule has 2 aliphatic rings. The lowest BCUT2D eigenvalue weighted by molar-refractivity contribution is 0.282. The fourth-order valence-electron chi connectivity index (χ4n) is 7.10. The highest BCUT2D eigenvalue weighted by atomic mass is 16.5. The first-order valence-electron chi connectivity index (χ1n) is 16.2. The molecule has 1 atom stereocenters. The zero-order valence-electron chi connectivity index (χ0n) is 25.8. The molecule has 226 valence electrons. The summed E-state index contributed by atoms with van der Waals surface area (Å²) in [6.07, 6.45) is 5.25. The molecule has 2 aromatic heterocycles. The largest absolute Gasteiger partial charge is 0.485 e. The molecule has 0 fully saturated rings. The molecule has 3 heterocycles. The molecule has 0 saturated heterocycles. The van der Waals surface area contributed by atoms with Gasteiger partial charge in [-0.25, -0.2) is 15.0 Å². The number of hydrogen-bond acceptors (Lipinski definition) is 5. The van der Waals surface area contributed by atoms with Gasteiger partial charge in [-0.1, -0.05) is 115 Å². The second-order valence-electron chi connectivity index (χ2n) is 12.4. The third kappa shape index (κ3) is 4.36. The maximum absolute atomic E-state index is 6.54. The number of nitrogens with zero attached hydrogens (tertiary/aromatic N) is 3. The molecule has 1 unspecified atom stereocenters. The van der Waals surface area contributed by atoms with Crippen molar-refractivity contribution in [1.82, 2.24) is 15.0 Å². The van der Waals surface area contributed by atoms with Crippen LogP contribution in [0.15, 0.2) is 150 Å². The fourth-order valence-corrected chi connectivity index (χ4v) is 7.10. The van der Waals surface area contributed by atoms with Gasteiger partial charge in [0.05, 0.1) is 0 Å². The van der Waals surface area contributed by atoms with Gasteiger partial charge in [0.25, 0.3) is 0 Å². The van der Waals surface area contributed by atoms with E-state index in [9.17, 15) is 0 Å². The summed E-state index contributed by atoms with van der Waals surface area (Å²) >= 11 is 0. The van der Waals surface area contributed by atoms with Crippen LogP contribution in [0.3, 0.4) is 0 Å². The van der Waals surface area contributed by atoms with Gasteiger partial charge in [-0.15, -0.1) is 0 Å². The number of hydrogen-bond donors (Lipinski definition) is 0. The summed E-state index contributed by atoms with van der Waals surface area (Å²) in [6, 6.07) is 45.6. The number of rotatable bonds is 4. The standard InChI is InChI=1S/C43H27N3O2/c1-3-10-26(11-4-1)41-44-42(27-12-5-2-6-13-27)46-43(45-41)33-16-9-17-37-40(33)35-23-30(19-21-36(35)47-37)31-18-20-32-34-22-28-14-7-8-15-29(28)24-39(34)48-38(32)25-31/h1-24,38H,25H2. The highest BCUT2D eigenvalue weighted by molar-refractivity contribution is 6.12. The summed E-state index contributed by atoms with van der Waals surface area (Å²) in [6.45, 7) is 0. The van der Waals surface area contributed by atoms with E-state index in [-0.39, 0.29) is 6.10 Å². The topological polar surface area (TPSA) is 61.0 Å². The van der Waals surface area contributed by atoms with E-state index in [1.165, 1.54) is 27.5 Å². The number of furan rings is 1. The van der Waals surface area contributed by atoms with Crippen molar-refractivity contribution < 1.29 is 9.15 Å². The van der Waals surface area contributed by atoms with Gasteiger partial charge in [0, 0.05) is 45.0 Å². The minimum Gasteiger partial charge on any atom is -0.485 e. The van der Waals surface area contributed by atoms with E-state index in [4.69, 9.17) is 24.1 Å². The predicted molar refractivity (Wildman–Crippen MR) is 192 cm³/mol. The second-order valence-corrected chi connectivity index (χ2v) is 12.4. The maximum atomic E-state index is 6.54. The maximum Gasteiger partial charge on any atom is 0.164 e. The minimum absolute atomic E-state index is 0.0119. The van der Waals surface area contributed by atoms with Gasteiger partial charge in [0.15, 0.2) is 17.5 Å². The van der Waals surface area contributed by atoms with Crippen molar-refractivity contribution >= 4 is 43.9 Å². The Kier molecular flexibility index (Phi) is 5.93. The first kappa shape index (κ1) is 26.8. The van der Waals surface area contributed by atoms with Crippen LogP contribution in [-0.2, 0) is 0 Å². The highest BCUT2D eigenvalue weighted by Crippen LogP contribution is 2.46. The fraction of sp³-hybridized carbons (Fsp3) is 0.0465. The number of allylic oxidation sites excluding steroid dienone is 2. The van der Waals surface area contributed by atoms with Gasteiger partial charge in [-0.2, -0.15) is 0 Å². The monoisotopic (exact) mass is 617 g/mol. The van der Waals surface area contributed by atoms with Crippen molar-refractivity contribution in [2.45, 2.75) is 12.5 Å². The third-order valence-corrected chi connectivity index (χ3v) is 9.45. The van der Waals surface area contributed by atoms with Crippen molar-refractivity contribution in [1.29, 1.82) is 0 Å². The van der Waals surface area contributed by atoms with E-state index in [0.717, 1.165) is 56.4 Å². The molecule has 10 rings (SSSR count). The highest BCUT2D eigenvalue weighted by Gasteiger charge is 2.32. The molecular weight excluding hydrogens is 590 g/mol. The molecule has 0 amide bonds. The Balaban J connectivity index is 1.10. The van der Waals surface area contributed by atoms with Gasteiger partial charge in [-0.3, -0.25) is 0 Å². The lowest BCUT2D eigenvalue weighted by atomic mass is 9.88. The molecule has 0 N–H and O–H groups in total. The Hall–Kier alpha value is -6.33. The average molecular weight is 618 g/mol. The number of benzene rings is 6. The Morgan fingerprint density at radius 1 is 0.521 bits per heavy atom. The summed E-state index contributed by atoms with van der Waals surface area (Å²) in [5.74, 6) is 2.83. The molecule has 0 bridgehead atoms. The van der Waals surface area contributed by atoms with Gasteiger partial charge in [0.2, 0.25) is 0 Å². The average Bonchev–Trinajstić information content (AvgIpc) is 3.71. The molecular formula is C43H27N3O2. The van der Waals surface area contributed by atoms with Crippen LogP contribution in [0.4, 0.5) is 0 Å². The van der Waals surface area contributed by atoms with Crippen LogP contribution in [-0.4, -0.2) is 21.1 Å². The molecule has 1 aliphatic carbocycles. The van der Waals surface area contributed by atoms with Crippen LogP contribution in [0.2, 0.25) is 0 Å². The normalized spacial score (nSPS) is 15.2. The molecule has 48 heavy (non-hydrogen) atoms. The summed E-state index contributed by atoms with van der Waals surface area (Å²) in [7, 11) is 0. The summed E-state index contributed by atoms with van der Waals surface area (Å²) in [5.41, 5.74) is 9.21. The van der Waals surface area contributed by atoms with Crippen LogP contribution >= 0.6 is 0 Å². The van der Waals surface area contributed by atoms with E-state index >= 15 is 0 Å². The van der Waals surface area contributed by atoms with Crippen LogP contribution < -0.4 is 4.74 Å². The third-order valence-electron chi connectivity index (χ3n) is 9.45. The van der Waals surface area contributed by atoms with Gasteiger partial charge < -0.3 is 9.15 Å². The second kappa shape index (κ2) is 10.6. The van der Waals surface area contributed by atoms with Crippen molar-refractivity contribution in [3.8, 4) is 39.9 Å². The first-order chi connectivity index (χ1) is 23.7. The van der Waals surface area contributed by atoms with Gasteiger partial charge >= 0.3 is 0 Å². The molecule has 5 nitrogen and oxygen atoms in total. The first-order valence-corrected chi connectivity index (χ1v) is 16.2. The summed E-state index contributed by atoms with van der Waals surface area (Å²) in [4.78, 5) is 14.9. The zero-order valence-corrected chi connectivity index (χ0v) is 25.8. The van der Waals surface area contributed by atoms with E-state index in [1.807, 2.05) is 72.8 Å². The Labute approximate surface area is 276 Å². The van der Waals surface area contributed by atoms with Crippen molar-refractivity contribution in [3.05, 3.63) is 157 Å². The quantitative estimate of drug-likeness (QED) is 0.197. The van der Waals surface area contributed by atoms with Crippen LogP contribution in [0.1, 0.15) is 17.5 Å². The zero-order chi connectivity index (χ0) is 31.6. The van der Waals surface area contributed by atoms with E-state index < -0.39 is 0 Å². The lowest BCUT2D eigenvalue weighted by Crippen LogP contribution is -2.15. The molecule has 6 aromatic carbocycles. The molecule has 5 heteroatoms. The molecule has 0 spiro atoms. The van der Waals surface area contributed by atoms with Gasteiger partial charge in [0.1, 0.15) is 23.0 Å². The predicted octanol–water partition coefficient (Wildman–Crippen LogP) is 10.6. The van der Waals surface area contributed by atoms with Crippen LogP contribution in [0, 0.1) is 0 Å². The van der Waals surface area contributed by atoms with Crippen molar-refractivity contribution in [2.24, 2.45) is 0 Å². The van der Waals surface area contributed by atoms with Crippen LogP contribution in [0.5, 0.6) is 5.75 Å². The summed E-state index contributed by atoms with van der Waals surface area (Å²) in [5, 5.41) is 4.44. The summed E-state index contributed by atoms with van der Waals surface area (Å²) < 4.78 is 12.9. The van der Waals surface area contributed by atoms with Crippen molar-refractivity contribution in [2.75, 3.05) is 0 Å². The Morgan fingerprint density at radius 3 is 1.96 bits per heavy atom. The molecule has 0 saturated carbocycles. The van der Waals surface area contributed by atoms with E-state index in [0.29, 0.717) is 17.5 Å². The Morgan fingerprint density at radius 2 is 1.21 bits per heavy atom. The lowest BCUT2D eigenvalue weighted by Gasteiger charge is -2.19. The molecule has 1 aliphatic heterocycles. The number of fused-ring (bicyclic) bond motifs is 7. The molecule has 0 radical (unpaired) electrons. The SMILES string of the molecule is C1=C(c2ccc3oc4cccc(-c5nc(-c6ccccc6)nc(-c6ccccc6)n5)c4c3c2)CC2Oc3cc4ccccc4cc3C2=C1. The van der Waals surface area contributed by atoms with E-state index in [2.05, 4.69) is 72.8 Å². The van der Waals surface area contributed by atoms with E-state index in [1.54, 1.807) is 0 Å².